The van der Waals surface area contributed by atoms with E-state index in [1.165, 1.54) is 12.3 Å². The van der Waals surface area contributed by atoms with E-state index < -0.39 is 5.82 Å². The first kappa shape index (κ1) is 6.46. The summed E-state index contributed by atoms with van der Waals surface area (Å²) < 4.78 is 17.7. The minimum absolute atomic E-state index is 0.0764. The summed E-state index contributed by atoms with van der Waals surface area (Å²) in [5.74, 6) is -0.438. The lowest BCUT2D eigenvalue weighted by Crippen LogP contribution is -2.07. The van der Waals surface area contributed by atoms with Crippen LogP contribution in [0.15, 0.2) is 28.9 Å². The number of furan rings is 1. The van der Waals surface area contributed by atoms with Crippen molar-refractivity contribution in [1.29, 1.82) is 0 Å². The first-order valence-corrected chi connectivity index (χ1v) is 3.20. The molecule has 1 nitrogen and oxygen atoms in total. The van der Waals surface area contributed by atoms with E-state index >= 15 is 0 Å². The van der Waals surface area contributed by atoms with Gasteiger partial charge in [-0.2, -0.15) is 0 Å². The van der Waals surface area contributed by atoms with Crippen LogP contribution in [-0.4, -0.2) is 7.85 Å². The topological polar surface area (TPSA) is 13.1 Å². The van der Waals surface area contributed by atoms with Gasteiger partial charge < -0.3 is 4.42 Å². The van der Waals surface area contributed by atoms with E-state index in [9.17, 15) is 4.39 Å². The quantitative estimate of drug-likeness (QED) is 0.511. The van der Waals surface area contributed by atoms with Crippen LogP contribution in [0.25, 0.3) is 11.0 Å². The highest BCUT2D eigenvalue weighted by molar-refractivity contribution is 6.38. The van der Waals surface area contributed by atoms with Gasteiger partial charge in [0.1, 0.15) is 19.2 Å². The van der Waals surface area contributed by atoms with E-state index in [1.807, 2.05) is 0 Å². The van der Waals surface area contributed by atoms with Gasteiger partial charge in [-0.25, -0.2) is 4.39 Å². The van der Waals surface area contributed by atoms with Gasteiger partial charge in [-0.15, -0.1) is 0 Å². The Labute approximate surface area is 64.2 Å². The number of fused-ring (bicyclic) bond motifs is 1. The van der Waals surface area contributed by atoms with Gasteiger partial charge in [-0.3, -0.25) is 0 Å². The average Bonchev–Trinajstić information content (AvgIpc) is 2.45. The minimum atomic E-state index is -0.438. The number of rotatable bonds is 0. The Balaban J connectivity index is 2.93. The zero-order chi connectivity index (χ0) is 7.84. The molecular weight excluding hydrogens is 142 g/mol. The summed E-state index contributed by atoms with van der Waals surface area (Å²) in [6.45, 7) is 0. The molecule has 3 heteroatoms. The molecule has 0 amide bonds. The predicted molar refractivity (Wildman–Crippen MR) is 41.6 cm³/mol. The average molecular weight is 146 g/mol. The lowest BCUT2D eigenvalue weighted by atomic mass is 9.94. The molecule has 0 aliphatic carbocycles. The molecule has 0 spiro atoms. The van der Waals surface area contributed by atoms with Gasteiger partial charge in [0, 0.05) is 5.39 Å². The summed E-state index contributed by atoms with van der Waals surface area (Å²) in [6.07, 6.45) is 1.49. The standard InChI is InChI=1S/C8H4BFO/c9-7-6(10)2-1-5-3-4-11-8(5)7/h1-4H. The zero-order valence-corrected chi connectivity index (χ0v) is 5.67. The summed E-state index contributed by atoms with van der Waals surface area (Å²) in [5, 5.41) is 0.823. The molecule has 1 aromatic heterocycles. The molecule has 0 atom stereocenters. The third-order valence-corrected chi connectivity index (χ3v) is 1.61. The van der Waals surface area contributed by atoms with Gasteiger partial charge in [-0.1, -0.05) is 0 Å². The van der Waals surface area contributed by atoms with E-state index in [4.69, 9.17) is 12.3 Å². The van der Waals surface area contributed by atoms with E-state index in [0.717, 1.165) is 5.39 Å². The van der Waals surface area contributed by atoms with Crippen LogP contribution >= 0.6 is 0 Å². The molecule has 11 heavy (non-hydrogen) atoms. The normalized spacial score (nSPS) is 10.6. The Morgan fingerprint density at radius 3 is 2.91 bits per heavy atom. The minimum Gasteiger partial charge on any atom is -0.465 e. The number of hydrogen-bond acceptors (Lipinski definition) is 1. The van der Waals surface area contributed by atoms with Crippen LogP contribution in [0.2, 0.25) is 0 Å². The van der Waals surface area contributed by atoms with Gasteiger partial charge in [0.05, 0.1) is 6.26 Å². The largest absolute Gasteiger partial charge is 0.465 e. The molecule has 2 aromatic rings. The summed E-state index contributed by atoms with van der Waals surface area (Å²) in [5.41, 5.74) is 0.498. The number of benzene rings is 1. The van der Waals surface area contributed by atoms with Crippen LogP contribution in [0.4, 0.5) is 4.39 Å². The van der Waals surface area contributed by atoms with Crippen molar-refractivity contribution in [3.8, 4) is 0 Å². The first-order valence-electron chi connectivity index (χ1n) is 3.20. The molecule has 0 unspecified atom stereocenters. The van der Waals surface area contributed by atoms with Gasteiger partial charge in [0.2, 0.25) is 0 Å². The predicted octanol–water partition coefficient (Wildman–Crippen LogP) is 1.37. The van der Waals surface area contributed by atoms with Crippen LogP contribution in [0.5, 0.6) is 0 Å². The lowest BCUT2D eigenvalue weighted by molar-refractivity contribution is 0.606. The third kappa shape index (κ3) is 0.844. The fourth-order valence-electron chi connectivity index (χ4n) is 1.03. The molecule has 0 N–H and O–H groups in total. The van der Waals surface area contributed by atoms with Crippen molar-refractivity contribution in [2.45, 2.75) is 0 Å². The van der Waals surface area contributed by atoms with Gasteiger partial charge in [0.25, 0.3) is 0 Å². The molecule has 2 rings (SSSR count). The van der Waals surface area contributed by atoms with Crippen molar-refractivity contribution in [3.05, 3.63) is 30.3 Å². The molecular formula is C8H4BFO. The van der Waals surface area contributed by atoms with Crippen molar-refractivity contribution in [2.75, 3.05) is 0 Å². The van der Waals surface area contributed by atoms with Crippen molar-refractivity contribution >= 4 is 24.3 Å². The van der Waals surface area contributed by atoms with E-state index in [0.29, 0.717) is 5.58 Å². The summed E-state index contributed by atoms with van der Waals surface area (Å²) >= 11 is 0. The van der Waals surface area contributed by atoms with Crippen molar-refractivity contribution in [1.82, 2.24) is 0 Å². The van der Waals surface area contributed by atoms with Crippen LogP contribution in [0.1, 0.15) is 0 Å². The van der Waals surface area contributed by atoms with Crippen molar-refractivity contribution < 1.29 is 8.81 Å². The van der Waals surface area contributed by atoms with E-state index in [-0.39, 0.29) is 5.46 Å². The van der Waals surface area contributed by atoms with Crippen LogP contribution in [0, 0.1) is 5.82 Å². The highest BCUT2D eigenvalue weighted by atomic mass is 19.1. The van der Waals surface area contributed by atoms with Gasteiger partial charge in [-0.05, 0) is 23.7 Å². The molecule has 0 aliphatic rings. The molecule has 0 aliphatic heterocycles. The van der Waals surface area contributed by atoms with Gasteiger partial charge in [0.15, 0.2) is 0 Å². The van der Waals surface area contributed by atoms with Gasteiger partial charge >= 0.3 is 0 Å². The monoisotopic (exact) mass is 146 g/mol. The highest BCUT2D eigenvalue weighted by Crippen LogP contribution is 2.12. The Hall–Kier alpha value is -1.25. The van der Waals surface area contributed by atoms with Crippen molar-refractivity contribution in [3.63, 3.8) is 0 Å². The second-order valence-electron chi connectivity index (χ2n) is 2.30. The van der Waals surface area contributed by atoms with Crippen LogP contribution < -0.4 is 5.46 Å². The fourth-order valence-corrected chi connectivity index (χ4v) is 1.03. The molecule has 0 bridgehead atoms. The molecule has 0 saturated heterocycles. The first-order chi connectivity index (χ1) is 5.29. The summed E-state index contributed by atoms with van der Waals surface area (Å²) in [4.78, 5) is 0. The molecule has 0 saturated carbocycles. The highest BCUT2D eigenvalue weighted by Gasteiger charge is 2.03. The maximum Gasteiger partial charge on any atom is 0.129 e. The molecule has 2 radical (unpaired) electrons. The second kappa shape index (κ2) is 2.12. The molecule has 52 valence electrons. The van der Waals surface area contributed by atoms with E-state index in [2.05, 4.69) is 0 Å². The van der Waals surface area contributed by atoms with Crippen LogP contribution in [0.3, 0.4) is 0 Å². The zero-order valence-electron chi connectivity index (χ0n) is 5.67. The molecule has 0 fully saturated rings. The lowest BCUT2D eigenvalue weighted by Gasteiger charge is -1.95. The maximum absolute atomic E-state index is 12.7. The summed E-state index contributed by atoms with van der Waals surface area (Å²) in [7, 11) is 5.39. The fraction of sp³-hybridized carbons (Fsp3) is 0. The molecule has 1 aromatic carbocycles. The number of halogens is 1. The summed E-state index contributed by atoms with van der Waals surface area (Å²) in [6, 6.07) is 4.70. The Bertz CT molecular complexity index is 394. The smallest absolute Gasteiger partial charge is 0.129 e. The Kier molecular flexibility index (Phi) is 1.25. The molecule has 1 heterocycles. The second-order valence-corrected chi connectivity index (χ2v) is 2.30. The van der Waals surface area contributed by atoms with E-state index in [1.54, 1.807) is 12.1 Å². The van der Waals surface area contributed by atoms with Crippen LogP contribution in [-0.2, 0) is 0 Å². The number of hydrogen-bond donors (Lipinski definition) is 0. The SMILES string of the molecule is [B]c1c(F)ccc2ccoc12. The maximum atomic E-state index is 12.7. The Morgan fingerprint density at radius 1 is 1.27 bits per heavy atom. The Morgan fingerprint density at radius 2 is 2.09 bits per heavy atom. The third-order valence-electron chi connectivity index (χ3n) is 1.61. The van der Waals surface area contributed by atoms with Crippen molar-refractivity contribution in [2.24, 2.45) is 0 Å².